The first-order chi connectivity index (χ1) is 8.72. The highest BCUT2D eigenvalue weighted by Crippen LogP contribution is 2.17. The molecule has 5 heteroatoms. The highest BCUT2D eigenvalue weighted by molar-refractivity contribution is 6.31. The summed E-state index contributed by atoms with van der Waals surface area (Å²) in [4.78, 5) is 0. The smallest absolute Gasteiger partial charge is 0.123 e. The third kappa shape index (κ3) is 2.83. The first-order valence-electron chi connectivity index (χ1n) is 5.81. The number of aromatic nitrogens is 2. The van der Waals surface area contributed by atoms with E-state index in [1.165, 1.54) is 0 Å². The zero-order chi connectivity index (χ0) is 13.0. The van der Waals surface area contributed by atoms with Gasteiger partial charge in [-0.05, 0) is 13.0 Å². The van der Waals surface area contributed by atoms with Crippen molar-refractivity contribution in [2.75, 3.05) is 6.61 Å². The van der Waals surface area contributed by atoms with Gasteiger partial charge in [0.1, 0.15) is 12.4 Å². The van der Waals surface area contributed by atoms with Crippen LogP contribution in [0.4, 0.5) is 0 Å². The minimum atomic E-state index is 0.475. The lowest BCUT2D eigenvalue weighted by Gasteiger charge is -2.10. The molecule has 0 aliphatic rings. The van der Waals surface area contributed by atoms with Crippen LogP contribution in [0.25, 0.3) is 0 Å². The summed E-state index contributed by atoms with van der Waals surface area (Å²) in [6.07, 6.45) is 1.64. The second-order valence-corrected chi connectivity index (χ2v) is 4.37. The Morgan fingerprint density at radius 3 is 2.83 bits per heavy atom. The van der Waals surface area contributed by atoms with Crippen molar-refractivity contribution < 1.29 is 4.74 Å². The maximum Gasteiger partial charge on any atom is 0.123 e. The lowest BCUT2D eigenvalue weighted by molar-refractivity contribution is 0.287. The van der Waals surface area contributed by atoms with Gasteiger partial charge in [-0.15, -0.1) is 0 Å². The van der Waals surface area contributed by atoms with Gasteiger partial charge in [-0.2, -0.15) is 5.10 Å². The molecule has 0 radical (unpaired) electrons. The largest absolute Gasteiger partial charge is 0.491 e. The molecule has 0 aliphatic heterocycles. The average Bonchev–Trinajstić information content (AvgIpc) is 2.71. The van der Waals surface area contributed by atoms with Gasteiger partial charge < -0.3 is 10.5 Å². The van der Waals surface area contributed by atoms with Crippen molar-refractivity contribution in [1.29, 1.82) is 0 Å². The lowest BCUT2D eigenvalue weighted by atomic mass is 10.2. The van der Waals surface area contributed by atoms with Crippen molar-refractivity contribution >= 4 is 11.6 Å². The Hall–Kier alpha value is -1.52. The molecule has 0 spiro atoms. The van der Waals surface area contributed by atoms with Gasteiger partial charge in [-0.1, -0.05) is 29.8 Å². The summed E-state index contributed by atoms with van der Waals surface area (Å²) in [5.74, 6) is 0.830. The van der Waals surface area contributed by atoms with E-state index in [4.69, 9.17) is 22.1 Å². The molecule has 0 fully saturated rings. The van der Waals surface area contributed by atoms with Crippen LogP contribution < -0.4 is 10.5 Å². The van der Waals surface area contributed by atoms with E-state index in [0.717, 1.165) is 17.0 Å². The maximum atomic E-state index is 5.93. The topological polar surface area (TPSA) is 53.1 Å². The van der Waals surface area contributed by atoms with E-state index in [9.17, 15) is 0 Å². The molecule has 0 aliphatic carbocycles. The molecule has 0 saturated heterocycles. The van der Waals surface area contributed by atoms with Crippen LogP contribution in [-0.2, 0) is 13.1 Å². The number of hydrogen-bond acceptors (Lipinski definition) is 3. The van der Waals surface area contributed by atoms with E-state index in [1.807, 2.05) is 35.9 Å². The van der Waals surface area contributed by atoms with Crippen LogP contribution in [0.1, 0.15) is 11.3 Å². The first kappa shape index (κ1) is 12.9. The molecule has 18 heavy (non-hydrogen) atoms. The fraction of sp³-hybridized carbons (Fsp3) is 0.308. The third-order valence-electron chi connectivity index (χ3n) is 2.80. The number of para-hydroxylation sites is 1. The number of nitrogens with zero attached hydrogens (tertiary/aromatic N) is 2. The standard InChI is InChI=1S/C13H16ClN3O/c1-10-12(14)9-16-17(10)6-7-18-13-5-3-2-4-11(13)8-15/h2-5,9H,6-8,15H2,1H3. The van der Waals surface area contributed by atoms with Crippen LogP contribution in [0, 0.1) is 6.92 Å². The van der Waals surface area contributed by atoms with Gasteiger partial charge in [-0.25, -0.2) is 0 Å². The third-order valence-corrected chi connectivity index (χ3v) is 3.17. The molecule has 96 valence electrons. The van der Waals surface area contributed by atoms with Crippen LogP contribution in [0.2, 0.25) is 5.02 Å². The molecule has 1 aromatic carbocycles. The molecule has 0 atom stereocenters. The molecule has 0 amide bonds. The zero-order valence-electron chi connectivity index (χ0n) is 10.3. The van der Waals surface area contributed by atoms with E-state index in [2.05, 4.69) is 5.10 Å². The van der Waals surface area contributed by atoms with Gasteiger partial charge in [0.25, 0.3) is 0 Å². The summed E-state index contributed by atoms with van der Waals surface area (Å²) >= 11 is 5.93. The summed E-state index contributed by atoms with van der Waals surface area (Å²) in [7, 11) is 0. The summed E-state index contributed by atoms with van der Waals surface area (Å²) in [5, 5.41) is 4.85. The Labute approximate surface area is 111 Å². The Bertz CT molecular complexity index is 525. The second kappa shape index (κ2) is 5.89. The maximum absolute atomic E-state index is 5.93. The van der Waals surface area contributed by atoms with Crippen molar-refractivity contribution in [2.45, 2.75) is 20.0 Å². The van der Waals surface area contributed by atoms with Crippen LogP contribution in [-0.4, -0.2) is 16.4 Å². The number of hydrogen-bond donors (Lipinski definition) is 1. The predicted octanol–water partition coefficient (Wildman–Crippen LogP) is 2.38. The minimum Gasteiger partial charge on any atom is -0.491 e. The highest BCUT2D eigenvalue weighted by Gasteiger charge is 2.04. The quantitative estimate of drug-likeness (QED) is 0.903. The lowest BCUT2D eigenvalue weighted by Crippen LogP contribution is -2.12. The Morgan fingerprint density at radius 2 is 2.17 bits per heavy atom. The van der Waals surface area contributed by atoms with Crippen molar-refractivity contribution in [2.24, 2.45) is 5.73 Å². The number of nitrogens with two attached hydrogens (primary N) is 1. The van der Waals surface area contributed by atoms with Crippen LogP contribution in [0.15, 0.2) is 30.5 Å². The first-order valence-corrected chi connectivity index (χ1v) is 6.19. The minimum absolute atomic E-state index is 0.475. The van der Waals surface area contributed by atoms with Crippen molar-refractivity contribution in [3.8, 4) is 5.75 Å². The van der Waals surface area contributed by atoms with Gasteiger partial charge in [0.05, 0.1) is 23.5 Å². The predicted molar refractivity (Wildman–Crippen MR) is 71.8 cm³/mol. The average molecular weight is 266 g/mol. The molecule has 1 heterocycles. The van der Waals surface area contributed by atoms with E-state index >= 15 is 0 Å². The van der Waals surface area contributed by atoms with Crippen LogP contribution in [0.3, 0.4) is 0 Å². The monoisotopic (exact) mass is 265 g/mol. The molecule has 1 aromatic heterocycles. The number of benzene rings is 1. The van der Waals surface area contributed by atoms with Gasteiger partial charge >= 0.3 is 0 Å². The molecule has 0 saturated carbocycles. The fourth-order valence-electron chi connectivity index (χ4n) is 1.70. The molecule has 0 unspecified atom stereocenters. The number of ether oxygens (including phenoxy) is 1. The van der Waals surface area contributed by atoms with Crippen LogP contribution in [0.5, 0.6) is 5.75 Å². The molecule has 4 nitrogen and oxygen atoms in total. The van der Waals surface area contributed by atoms with E-state index < -0.39 is 0 Å². The zero-order valence-corrected chi connectivity index (χ0v) is 11.0. The van der Waals surface area contributed by atoms with E-state index in [0.29, 0.717) is 24.7 Å². The van der Waals surface area contributed by atoms with Gasteiger partial charge in [0.2, 0.25) is 0 Å². The van der Waals surface area contributed by atoms with Gasteiger partial charge in [0, 0.05) is 12.1 Å². The van der Waals surface area contributed by atoms with Crippen LogP contribution >= 0.6 is 11.6 Å². The summed E-state index contributed by atoms with van der Waals surface area (Å²) < 4.78 is 7.54. The number of rotatable bonds is 5. The van der Waals surface area contributed by atoms with E-state index in [-0.39, 0.29) is 0 Å². The fourth-order valence-corrected chi connectivity index (χ4v) is 1.85. The van der Waals surface area contributed by atoms with Gasteiger partial charge in [-0.3, -0.25) is 4.68 Å². The van der Waals surface area contributed by atoms with E-state index in [1.54, 1.807) is 6.20 Å². The number of halogens is 1. The normalized spacial score (nSPS) is 10.6. The Morgan fingerprint density at radius 1 is 1.39 bits per heavy atom. The highest BCUT2D eigenvalue weighted by atomic mass is 35.5. The summed E-state index contributed by atoms with van der Waals surface area (Å²) in [5.41, 5.74) is 7.60. The second-order valence-electron chi connectivity index (χ2n) is 3.96. The molecule has 2 N–H and O–H groups in total. The summed E-state index contributed by atoms with van der Waals surface area (Å²) in [6, 6.07) is 7.77. The Balaban J connectivity index is 1.94. The Kier molecular flexibility index (Phi) is 4.23. The van der Waals surface area contributed by atoms with Gasteiger partial charge in [0.15, 0.2) is 0 Å². The molecule has 0 bridgehead atoms. The SMILES string of the molecule is Cc1c(Cl)cnn1CCOc1ccccc1CN. The van der Waals surface area contributed by atoms with Crippen molar-refractivity contribution in [3.05, 3.63) is 46.7 Å². The summed E-state index contributed by atoms with van der Waals surface area (Å²) in [6.45, 7) is 3.61. The molecular weight excluding hydrogens is 250 g/mol. The molecule has 2 aromatic rings. The van der Waals surface area contributed by atoms with Crippen molar-refractivity contribution in [3.63, 3.8) is 0 Å². The molecular formula is C13H16ClN3O. The van der Waals surface area contributed by atoms with Crippen molar-refractivity contribution in [1.82, 2.24) is 9.78 Å². The molecule has 2 rings (SSSR count).